The van der Waals surface area contributed by atoms with Crippen molar-refractivity contribution in [2.24, 2.45) is 0 Å². The number of ether oxygens (including phenoxy) is 2. The Bertz CT molecular complexity index is 928. The fraction of sp³-hybridized carbons (Fsp3) is 0.111. The lowest BCUT2D eigenvalue weighted by Crippen LogP contribution is -2.02. The van der Waals surface area contributed by atoms with E-state index in [9.17, 15) is 4.79 Å². The number of para-hydroxylation sites is 1. The lowest BCUT2D eigenvalue weighted by atomic mass is 10.2. The number of nitrogens with zero attached hydrogens (tertiary/aromatic N) is 1. The van der Waals surface area contributed by atoms with Gasteiger partial charge in [0.15, 0.2) is 11.5 Å². The molecule has 0 unspecified atom stereocenters. The van der Waals surface area contributed by atoms with E-state index in [1.807, 2.05) is 24.3 Å². The third kappa shape index (κ3) is 3.08. The lowest BCUT2D eigenvalue weighted by Gasteiger charge is -2.07. The van der Waals surface area contributed by atoms with Crippen molar-refractivity contribution in [3.8, 4) is 11.5 Å². The summed E-state index contributed by atoms with van der Waals surface area (Å²) in [7, 11) is 3.16. The van der Waals surface area contributed by atoms with E-state index in [1.165, 1.54) is 0 Å². The first kappa shape index (κ1) is 14.8. The van der Waals surface area contributed by atoms with E-state index < -0.39 is 5.63 Å². The van der Waals surface area contributed by atoms with Crippen molar-refractivity contribution in [2.75, 3.05) is 14.2 Å². The second-order valence-corrected chi connectivity index (χ2v) is 4.80. The summed E-state index contributed by atoms with van der Waals surface area (Å²) in [5.41, 5.74) is 1.08. The first-order valence-corrected chi connectivity index (χ1v) is 7.01. The van der Waals surface area contributed by atoms with Gasteiger partial charge in [-0.3, -0.25) is 0 Å². The average molecular weight is 309 g/mol. The van der Waals surface area contributed by atoms with Gasteiger partial charge < -0.3 is 13.9 Å². The first-order chi connectivity index (χ1) is 11.2. The van der Waals surface area contributed by atoms with Gasteiger partial charge in [-0.2, -0.15) is 0 Å². The van der Waals surface area contributed by atoms with Crippen molar-refractivity contribution < 1.29 is 13.9 Å². The highest BCUT2D eigenvalue weighted by molar-refractivity contribution is 5.78. The van der Waals surface area contributed by atoms with Gasteiger partial charge in [0.1, 0.15) is 0 Å². The lowest BCUT2D eigenvalue weighted by molar-refractivity contribution is 0.355. The molecule has 0 aliphatic heterocycles. The number of methoxy groups -OCH3 is 2. The zero-order chi connectivity index (χ0) is 16.2. The molecule has 2 aromatic carbocycles. The van der Waals surface area contributed by atoms with E-state index in [4.69, 9.17) is 13.9 Å². The number of rotatable bonds is 4. The maximum Gasteiger partial charge on any atom is 0.347 e. The van der Waals surface area contributed by atoms with Gasteiger partial charge in [0, 0.05) is 6.08 Å². The number of hydrogen-bond donors (Lipinski definition) is 0. The highest BCUT2D eigenvalue weighted by atomic mass is 16.5. The minimum atomic E-state index is -0.400. The molecule has 0 aliphatic carbocycles. The van der Waals surface area contributed by atoms with Crippen LogP contribution in [0.5, 0.6) is 11.5 Å². The summed E-state index contributed by atoms with van der Waals surface area (Å²) in [6.07, 6.45) is 3.44. The molecule has 0 fully saturated rings. The summed E-state index contributed by atoms with van der Waals surface area (Å²) in [5, 5.41) is 0.468. The third-order valence-electron chi connectivity index (χ3n) is 3.38. The number of fused-ring (bicyclic) bond motifs is 1. The predicted octanol–water partition coefficient (Wildman–Crippen LogP) is 3.38. The Morgan fingerprint density at radius 1 is 1.00 bits per heavy atom. The average Bonchev–Trinajstić information content (AvgIpc) is 2.59. The Hall–Kier alpha value is -3.08. The molecule has 0 saturated heterocycles. The summed E-state index contributed by atoms with van der Waals surface area (Å²) in [4.78, 5) is 16.2. The quantitative estimate of drug-likeness (QED) is 0.739. The summed E-state index contributed by atoms with van der Waals surface area (Å²) >= 11 is 0. The van der Waals surface area contributed by atoms with Crippen LogP contribution in [-0.4, -0.2) is 19.2 Å². The molecule has 0 aliphatic rings. The smallest absolute Gasteiger partial charge is 0.347 e. The summed E-state index contributed by atoms with van der Waals surface area (Å²) < 4.78 is 15.7. The molecule has 3 aromatic rings. The largest absolute Gasteiger partial charge is 0.493 e. The Labute approximate surface area is 132 Å². The Kier molecular flexibility index (Phi) is 4.10. The monoisotopic (exact) mass is 309 g/mol. The Balaban J connectivity index is 1.95. The number of hydrogen-bond acceptors (Lipinski definition) is 5. The van der Waals surface area contributed by atoms with E-state index in [0.29, 0.717) is 22.4 Å². The number of benzene rings is 2. The Morgan fingerprint density at radius 2 is 1.78 bits per heavy atom. The second kappa shape index (κ2) is 6.36. The first-order valence-electron chi connectivity index (χ1n) is 7.01. The molecule has 0 atom stereocenters. The Morgan fingerprint density at radius 3 is 2.57 bits per heavy atom. The molecule has 1 heterocycles. The van der Waals surface area contributed by atoms with Crippen LogP contribution >= 0.6 is 0 Å². The van der Waals surface area contributed by atoms with Gasteiger partial charge in [-0.1, -0.05) is 18.2 Å². The molecule has 5 heteroatoms. The second-order valence-electron chi connectivity index (χ2n) is 4.80. The van der Waals surface area contributed by atoms with Gasteiger partial charge in [0.2, 0.25) is 5.89 Å². The molecule has 0 spiro atoms. The summed E-state index contributed by atoms with van der Waals surface area (Å²) in [6.45, 7) is 0. The van der Waals surface area contributed by atoms with Crippen molar-refractivity contribution in [1.82, 2.24) is 4.98 Å². The normalized spacial score (nSPS) is 11.0. The van der Waals surface area contributed by atoms with Gasteiger partial charge in [0.05, 0.1) is 25.1 Å². The van der Waals surface area contributed by atoms with Gasteiger partial charge in [0.25, 0.3) is 0 Å². The molecule has 5 nitrogen and oxygen atoms in total. The molecule has 0 radical (unpaired) electrons. The van der Waals surface area contributed by atoms with Crippen LogP contribution in [0.3, 0.4) is 0 Å². The minimum absolute atomic E-state index is 0.253. The molecular formula is C18H15NO4. The van der Waals surface area contributed by atoms with Crippen LogP contribution < -0.4 is 15.1 Å². The maximum atomic E-state index is 11.9. The van der Waals surface area contributed by atoms with E-state index in [-0.39, 0.29) is 5.89 Å². The highest BCUT2D eigenvalue weighted by Crippen LogP contribution is 2.28. The van der Waals surface area contributed by atoms with Crippen molar-refractivity contribution in [2.45, 2.75) is 0 Å². The maximum absolute atomic E-state index is 11.9. The van der Waals surface area contributed by atoms with Gasteiger partial charge in [-0.05, 0) is 35.9 Å². The van der Waals surface area contributed by atoms with Crippen LogP contribution in [0.1, 0.15) is 11.5 Å². The van der Waals surface area contributed by atoms with E-state index in [0.717, 1.165) is 5.56 Å². The molecule has 1 aromatic heterocycles. The standard InChI is InChI=1S/C18H15NO4/c1-21-15-9-7-12(11-16(15)22-2)8-10-17-19-14-6-4-3-5-13(14)18(20)23-17/h3-11H,1-2H3/b10-8+. The van der Waals surface area contributed by atoms with Crippen LogP contribution in [0.2, 0.25) is 0 Å². The zero-order valence-corrected chi connectivity index (χ0v) is 12.8. The highest BCUT2D eigenvalue weighted by Gasteiger charge is 2.05. The minimum Gasteiger partial charge on any atom is -0.493 e. The molecule has 23 heavy (non-hydrogen) atoms. The molecule has 0 bridgehead atoms. The topological polar surface area (TPSA) is 61.6 Å². The zero-order valence-electron chi connectivity index (χ0n) is 12.8. The van der Waals surface area contributed by atoms with Crippen LogP contribution in [-0.2, 0) is 0 Å². The van der Waals surface area contributed by atoms with Crippen molar-refractivity contribution >= 4 is 23.1 Å². The van der Waals surface area contributed by atoms with Gasteiger partial charge in [-0.15, -0.1) is 0 Å². The number of aromatic nitrogens is 1. The fourth-order valence-corrected chi connectivity index (χ4v) is 2.23. The molecule has 0 amide bonds. The van der Waals surface area contributed by atoms with Crippen LogP contribution in [0.4, 0.5) is 0 Å². The summed E-state index contributed by atoms with van der Waals surface area (Å²) in [6, 6.07) is 12.6. The fourth-order valence-electron chi connectivity index (χ4n) is 2.23. The van der Waals surface area contributed by atoms with Crippen molar-refractivity contribution in [3.05, 3.63) is 64.3 Å². The summed E-state index contributed by atoms with van der Waals surface area (Å²) in [5.74, 6) is 1.53. The van der Waals surface area contributed by atoms with E-state index in [2.05, 4.69) is 4.98 Å². The molecule has 0 saturated carbocycles. The van der Waals surface area contributed by atoms with Gasteiger partial charge in [-0.25, -0.2) is 9.78 Å². The van der Waals surface area contributed by atoms with Gasteiger partial charge >= 0.3 is 5.63 Å². The molecule has 0 N–H and O–H groups in total. The third-order valence-corrected chi connectivity index (χ3v) is 3.38. The predicted molar refractivity (Wildman–Crippen MR) is 88.8 cm³/mol. The van der Waals surface area contributed by atoms with E-state index in [1.54, 1.807) is 44.6 Å². The van der Waals surface area contributed by atoms with Crippen molar-refractivity contribution in [1.29, 1.82) is 0 Å². The molecular weight excluding hydrogens is 294 g/mol. The van der Waals surface area contributed by atoms with Crippen LogP contribution in [0.25, 0.3) is 23.1 Å². The van der Waals surface area contributed by atoms with Crippen molar-refractivity contribution in [3.63, 3.8) is 0 Å². The van der Waals surface area contributed by atoms with Crippen LogP contribution in [0.15, 0.2) is 51.7 Å². The molecule has 116 valence electrons. The SMILES string of the molecule is COc1ccc(/C=C/c2nc3ccccc3c(=O)o2)cc1OC. The molecule has 3 rings (SSSR count). The van der Waals surface area contributed by atoms with E-state index >= 15 is 0 Å². The van der Waals surface area contributed by atoms with Crippen LogP contribution in [0, 0.1) is 0 Å².